The first-order chi connectivity index (χ1) is 13.5. The van der Waals surface area contributed by atoms with E-state index in [1.54, 1.807) is 31.3 Å². The van der Waals surface area contributed by atoms with Crippen LogP contribution >= 0.6 is 0 Å². The molecule has 28 heavy (non-hydrogen) atoms. The minimum atomic E-state index is -0.394. The molecule has 2 aromatic heterocycles. The monoisotopic (exact) mass is 383 g/mol. The number of carbonyl (C=O) groups is 2. The average molecular weight is 383 g/mol. The van der Waals surface area contributed by atoms with Crippen LogP contribution in [0.15, 0.2) is 42.7 Å². The number of hydrogen-bond acceptors (Lipinski definition) is 6. The van der Waals surface area contributed by atoms with E-state index in [2.05, 4.69) is 31.1 Å². The van der Waals surface area contributed by atoms with Crippen molar-refractivity contribution < 1.29 is 14.0 Å². The van der Waals surface area contributed by atoms with Crippen LogP contribution in [0.3, 0.4) is 0 Å². The fraction of sp³-hybridized carbons (Fsp3) is 0.167. The number of halogens is 1. The number of imidazole rings is 1. The van der Waals surface area contributed by atoms with Crippen LogP contribution in [0, 0.1) is 5.82 Å². The molecular weight excluding hydrogens is 365 g/mol. The number of nitrogens with one attached hydrogen (secondary N) is 3. The summed E-state index contributed by atoms with van der Waals surface area (Å²) >= 11 is 0. The van der Waals surface area contributed by atoms with Crippen molar-refractivity contribution in [2.24, 2.45) is 0 Å². The van der Waals surface area contributed by atoms with Gasteiger partial charge in [-0.25, -0.2) is 9.37 Å². The molecule has 0 bridgehead atoms. The molecule has 0 aliphatic rings. The van der Waals surface area contributed by atoms with Gasteiger partial charge in [-0.1, -0.05) is 0 Å². The maximum atomic E-state index is 13.0. The quantitative estimate of drug-likeness (QED) is 0.595. The maximum absolute atomic E-state index is 13.0. The molecule has 0 radical (unpaired) electrons. The number of benzene rings is 1. The third-order valence-electron chi connectivity index (χ3n) is 3.90. The standard InChI is InChI=1S/C18H18FN7O2/c1-20-17-16(18(28)21-2)26(10-22-17)9-15(27)23-14-8-7-13(24-25-14)11-3-5-12(19)6-4-11/h3-8,10,20H,9H2,1-2H3,(H,21,28)(H,23,25,27). The van der Waals surface area contributed by atoms with Crippen LogP contribution in [0.2, 0.25) is 0 Å². The van der Waals surface area contributed by atoms with Crippen molar-refractivity contribution >= 4 is 23.5 Å². The van der Waals surface area contributed by atoms with Crippen molar-refractivity contribution in [3.63, 3.8) is 0 Å². The van der Waals surface area contributed by atoms with Gasteiger partial charge in [0.1, 0.15) is 12.4 Å². The molecule has 2 amide bonds. The fourth-order valence-electron chi connectivity index (χ4n) is 2.55. The van der Waals surface area contributed by atoms with Gasteiger partial charge in [-0.2, -0.15) is 0 Å². The van der Waals surface area contributed by atoms with Crippen molar-refractivity contribution in [2.75, 3.05) is 24.7 Å². The van der Waals surface area contributed by atoms with Crippen LogP contribution in [0.4, 0.5) is 16.0 Å². The summed E-state index contributed by atoms with van der Waals surface area (Å²) in [7, 11) is 3.13. The number of anilines is 2. The molecular formula is C18H18FN7O2. The number of carbonyl (C=O) groups excluding carboxylic acids is 2. The molecule has 0 saturated carbocycles. The highest BCUT2D eigenvalue weighted by Crippen LogP contribution is 2.18. The van der Waals surface area contributed by atoms with Gasteiger partial charge in [-0.15, -0.1) is 10.2 Å². The van der Waals surface area contributed by atoms with Crippen molar-refractivity contribution in [1.29, 1.82) is 0 Å². The van der Waals surface area contributed by atoms with Gasteiger partial charge in [0.15, 0.2) is 17.3 Å². The Kier molecular flexibility index (Phi) is 5.58. The van der Waals surface area contributed by atoms with Crippen molar-refractivity contribution in [1.82, 2.24) is 25.1 Å². The third kappa shape index (κ3) is 4.11. The summed E-state index contributed by atoms with van der Waals surface area (Å²) in [6.45, 7) is -0.126. The van der Waals surface area contributed by atoms with Gasteiger partial charge in [0, 0.05) is 19.7 Å². The topological polar surface area (TPSA) is 114 Å². The molecule has 0 aliphatic heterocycles. The lowest BCUT2D eigenvalue weighted by Gasteiger charge is -2.09. The van der Waals surface area contributed by atoms with Gasteiger partial charge in [0.2, 0.25) is 5.91 Å². The van der Waals surface area contributed by atoms with Crippen LogP contribution in [0.5, 0.6) is 0 Å². The molecule has 0 fully saturated rings. The van der Waals surface area contributed by atoms with Crippen LogP contribution in [-0.2, 0) is 11.3 Å². The van der Waals surface area contributed by atoms with Crippen molar-refractivity contribution in [2.45, 2.75) is 6.54 Å². The Hall–Kier alpha value is -3.82. The van der Waals surface area contributed by atoms with E-state index in [0.717, 1.165) is 0 Å². The second kappa shape index (κ2) is 8.25. The van der Waals surface area contributed by atoms with E-state index in [9.17, 15) is 14.0 Å². The normalized spacial score (nSPS) is 10.4. The zero-order valence-corrected chi connectivity index (χ0v) is 15.2. The van der Waals surface area contributed by atoms with E-state index in [-0.39, 0.29) is 29.8 Å². The van der Waals surface area contributed by atoms with Crippen LogP contribution in [0.1, 0.15) is 10.5 Å². The predicted octanol–water partition coefficient (Wildman–Crippen LogP) is 1.52. The minimum absolute atomic E-state index is 0.126. The number of amides is 2. The highest BCUT2D eigenvalue weighted by atomic mass is 19.1. The Labute approximate surface area is 160 Å². The summed E-state index contributed by atoms with van der Waals surface area (Å²) in [6, 6.07) is 9.12. The molecule has 1 aromatic carbocycles. The third-order valence-corrected chi connectivity index (χ3v) is 3.90. The average Bonchev–Trinajstić information content (AvgIpc) is 3.11. The zero-order valence-electron chi connectivity index (χ0n) is 15.2. The molecule has 0 spiro atoms. The van der Waals surface area contributed by atoms with E-state index in [1.165, 1.54) is 30.1 Å². The van der Waals surface area contributed by atoms with Crippen LogP contribution in [0.25, 0.3) is 11.3 Å². The van der Waals surface area contributed by atoms with Gasteiger partial charge in [0.25, 0.3) is 5.91 Å². The van der Waals surface area contributed by atoms with E-state index < -0.39 is 5.91 Å². The molecule has 9 nitrogen and oxygen atoms in total. The lowest BCUT2D eigenvalue weighted by Crippen LogP contribution is -2.26. The molecule has 2 heterocycles. The first kappa shape index (κ1) is 19.0. The minimum Gasteiger partial charge on any atom is -0.371 e. The highest BCUT2D eigenvalue weighted by Gasteiger charge is 2.18. The lowest BCUT2D eigenvalue weighted by molar-refractivity contribution is -0.116. The van der Waals surface area contributed by atoms with Crippen LogP contribution < -0.4 is 16.0 Å². The van der Waals surface area contributed by atoms with E-state index in [4.69, 9.17) is 0 Å². The molecule has 0 aliphatic carbocycles. The van der Waals surface area contributed by atoms with E-state index >= 15 is 0 Å². The summed E-state index contributed by atoms with van der Waals surface area (Å²) in [5, 5.41) is 15.9. The second-order valence-electron chi connectivity index (χ2n) is 5.76. The van der Waals surface area contributed by atoms with Gasteiger partial charge >= 0.3 is 0 Å². The number of aromatic nitrogens is 4. The van der Waals surface area contributed by atoms with E-state index in [0.29, 0.717) is 17.1 Å². The first-order valence-electron chi connectivity index (χ1n) is 8.36. The summed E-state index contributed by atoms with van der Waals surface area (Å²) in [5.74, 6) is -0.466. The summed E-state index contributed by atoms with van der Waals surface area (Å²) in [4.78, 5) is 28.4. The highest BCUT2D eigenvalue weighted by molar-refractivity contribution is 5.98. The molecule has 0 unspecified atom stereocenters. The van der Waals surface area contributed by atoms with Gasteiger partial charge in [0.05, 0.1) is 12.0 Å². The summed E-state index contributed by atoms with van der Waals surface area (Å²) in [6.07, 6.45) is 1.40. The predicted molar refractivity (Wildman–Crippen MR) is 101 cm³/mol. The molecule has 3 N–H and O–H groups in total. The lowest BCUT2D eigenvalue weighted by atomic mass is 10.1. The fourth-order valence-corrected chi connectivity index (χ4v) is 2.55. The van der Waals surface area contributed by atoms with Gasteiger partial charge in [-0.3, -0.25) is 9.59 Å². The molecule has 144 valence electrons. The number of rotatable bonds is 6. The Morgan fingerprint density at radius 3 is 2.43 bits per heavy atom. The molecule has 3 rings (SSSR count). The van der Waals surface area contributed by atoms with Crippen molar-refractivity contribution in [3.8, 4) is 11.3 Å². The summed E-state index contributed by atoms with van der Waals surface area (Å²) in [5.41, 5.74) is 1.51. The smallest absolute Gasteiger partial charge is 0.271 e. The number of hydrogen-bond donors (Lipinski definition) is 3. The molecule has 3 aromatic rings. The van der Waals surface area contributed by atoms with E-state index in [1.807, 2.05) is 0 Å². The molecule has 0 saturated heterocycles. The first-order valence-corrected chi connectivity index (χ1v) is 8.36. The SMILES string of the molecule is CNC(=O)c1c(NC)ncn1CC(=O)Nc1ccc(-c2ccc(F)cc2)nn1. The largest absolute Gasteiger partial charge is 0.371 e. The van der Waals surface area contributed by atoms with Crippen molar-refractivity contribution in [3.05, 3.63) is 54.2 Å². The Bertz CT molecular complexity index is 984. The number of nitrogens with zero attached hydrogens (tertiary/aromatic N) is 4. The molecule has 0 atom stereocenters. The molecule has 10 heteroatoms. The Morgan fingerprint density at radius 2 is 1.82 bits per heavy atom. The van der Waals surface area contributed by atoms with Crippen LogP contribution in [-0.4, -0.2) is 45.7 Å². The second-order valence-corrected chi connectivity index (χ2v) is 5.76. The Balaban J connectivity index is 1.69. The summed E-state index contributed by atoms with van der Waals surface area (Å²) < 4.78 is 14.4. The Morgan fingerprint density at radius 1 is 1.07 bits per heavy atom. The maximum Gasteiger partial charge on any atom is 0.271 e. The zero-order chi connectivity index (χ0) is 20.1. The van der Waals surface area contributed by atoms with Gasteiger partial charge in [-0.05, 0) is 36.4 Å². The van der Waals surface area contributed by atoms with Gasteiger partial charge < -0.3 is 20.5 Å².